The van der Waals surface area contributed by atoms with Gasteiger partial charge in [0.2, 0.25) is 5.91 Å². The van der Waals surface area contributed by atoms with Crippen LogP contribution in [-0.4, -0.2) is 16.9 Å². The highest BCUT2D eigenvalue weighted by molar-refractivity contribution is 9.10. The lowest BCUT2D eigenvalue weighted by molar-refractivity contribution is -0.384. The molecule has 1 amide bonds. The maximum Gasteiger partial charge on any atom is 0.270 e. The fraction of sp³-hybridized carbons (Fsp3) is 0.417. The van der Waals surface area contributed by atoms with Crippen molar-refractivity contribution in [1.29, 1.82) is 0 Å². The first-order valence-electron chi connectivity index (χ1n) is 5.87. The van der Waals surface area contributed by atoms with Crippen molar-refractivity contribution in [1.82, 2.24) is 0 Å². The normalized spacial score (nSPS) is 13.7. The molecular formula is C12H16BrN3O3. The summed E-state index contributed by atoms with van der Waals surface area (Å²) in [4.78, 5) is 22.0. The topological polar surface area (TPSA) is 98.3 Å². The Balaban J connectivity index is 2.83. The standard InChI is InChI=1S/C12H16BrN3O3/c1-3-7(2)11(14)12(17)15-10-5-4-8(16(18)19)6-9(10)13/h4-7,11H,3,14H2,1-2H3,(H,15,17)/t7?,11-/m0/s1. The summed E-state index contributed by atoms with van der Waals surface area (Å²) >= 11 is 3.19. The predicted octanol–water partition coefficient (Wildman–Crippen LogP) is 2.67. The molecule has 0 bridgehead atoms. The van der Waals surface area contributed by atoms with E-state index in [9.17, 15) is 14.9 Å². The number of carbonyl (C=O) groups is 1. The molecular weight excluding hydrogens is 314 g/mol. The molecule has 0 aromatic heterocycles. The van der Waals surface area contributed by atoms with Crippen molar-refractivity contribution in [2.45, 2.75) is 26.3 Å². The third-order valence-electron chi connectivity index (χ3n) is 2.98. The molecule has 0 saturated heterocycles. The molecule has 0 spiro atoms. The Kier molecular flexibility index (Phi) is 5.44. The van der Waals surface area contributed by atoms with E-state index in [1.165, 1.54) is 18.2 Å². The average Bonchev–Trinajstić information content (AvgIpc) is 2.38. The lowest BCUT2D eigenvalue weighted by Crippen LogP contribution is -2.40. The molecule has 0 aliphatic carbocycles. The maximum atomic E-state index is 11.9. The molecule has 0 aliphatic heterocycles. The SMILES string of the molecule is CCC(C)[C@H](N)C(=O)Nc1ccc([N+](=O)[O-])cc1Br. The minimum absolute atomic E-state index is 0.0453. The zero-order valence-corrected chi connectivity index (χ0v) is 12.3. The van der Waals surface area contributed by atoms with Crippen molar-refractivity contribution >= 4 is 33.2 Å². The van der Waals surface area contributed by atoms with E-state index >= 15 is 0 Å². The second kappa shape index (κ2) is 6.63. The molecule has 0 saturated carbocycles. The largest absolute Gasteiger partial charge is 0.324 e. The Morgan fingerprint density at radius 3 is 2.68 bits per heavy atom. The third kappa shape index (κ3) is 4.00. The fourth-order valence-corrected chi connectivity index (χ4v) is 1.91. The van der Waals surface area contributed by atoms with Crippen LogP contribution in [0, 0.1) is 16.0 Å². The summed E-state index contributed by atoms with van der Waals surface area (Å²) in [6, 6.07) is 3.54. The van der Waals surface area contributed by atoms with Crippen molar-refractivity contribution in [3.8, 4) is 0 Å². The summed E-state index contributed by atoms with van der Waals surface area (Å²) in [5.74, 6) is -0.235. The Hall–Kier alpha value is -1.47. The number of nitrogens with zero attached hydrogens (tertiary/aromatic N) is 1. The first-order valence-corrected chi connectivity index (χ1v) is 6.66. The van der Waals surface area contributed by atoms with Gasteiger partial charge in [0.15, 0.2) is 0 Å². The van der Waals surface area contributed by atoms with Crippen LogP contribution in [0.4, 0.5) is 11.4 Å². The number of nitrogens with one attached hydrogen (secondary N) is 1. The number of nitrogens with two attached hydrogens (primary N) is 1. The Bertz CT molecular complexity index is 493. The van der Waals surface area contributed by atoms with Crippen molar-refractivity contribution in [2.75, 3.05) is 5.32 Å². The van der Waals surface area contributed by atoms with Crippen LogP contribution in [0.2, 0.25) is 0 Å². The molecule has 19 heavy (non-hydrogen) atoms. The summed E-state index contributed by atoms with van der Waals surface area (Å²) in [5, 5.41) is 13.3. The maximum absolute atomic E-state index is 11.9. The van der Waals surface area contributed by atoms with Crippen molar-refractivity contribution in [3.05, 3.63) is 32.8 Å². The van der Waals surface area contributed by atoms with Crippen LogP contribution < -0.4 is 11.1 Å². The molecule has 1 aromatic rings. The quantitative estimate of drug-likeness (QED) is 0.640. The van der Waals surface area contributed by atoms with Gasteiger partial charge in [0.25, 0.3) is 5.69 Å². The van der Waals surface area contributed by atoms with Gasteiger partial charge in [0.1, 0.15) is 0 Å². The number of carbonyl (C=O) groups excluding carboxylic acids is 1. The molecule has 1 unspecified atom stereocenters. The van der Waals surface area contributed by atoms with E-state index in [2.05, 4.69) is 21.2 Å². The molecule has 0 fully saturated rings. The smallest absolute Gasteiger partial charge is 0.270 e. The number of hydrogen-bond acceptors (Lipinski definition) is 4. The number of anilines is 1. The molecule has 0 radical (unpaired) electrons. The highest BCUT2D eigenvalue weighted by atomic mass is 79.9. The fourth-order valence-electron chi connectivity index (χ4n) is 1.45. The average molecular weight is 330 g/mol. The number of nitro groups is 1. The first kappa shape index (κ1) is 15.6. The molecule has 0 aliphatic rings. The number of rotatable bonds is 5. The minimum atomic E-state index is -0.605. The lowest BCUT2D eigenvalue weighted by Gasteiger charge is -2.18. The first-order chi connectivity index (χ1) is 8.86. The van der Waals surface area contributed by atoms with Crippen LogP contribution >= 0.6 is 15.9 Å². The minimum Gasteiger partial charge on any atom is -0.324 e. The number of non-ortho nitro benzene ring substituents is 1. The second-order valence-electron chi connectivity index (χ2n) is 4.32. The highest BCUT2D eigenvalue weighted by Crippen LogP contribution is 2.27. The van der Waals surface area contributed by atoms with Gasteiger partial charge in [-0.25, -0.2) is 0 Å². The zero-order chi connectivity index (χ0) is 14.6. The van der Waals surface area contributed by atoms with Gasteiger partial charge >= 0.3 is 0 Å². The molecule has 1 aromatic carbocycles. The van der Waals surface area contributed by atoms with Gasteiger partial charge in [-0.3, -0.25) is 14.9 Å². The highest BCUT2D eigenvalue weighted by Gasteiger charge is 2.20. The van der Waals surface area contributed by atoms with E-state index in [0.29, 0.717) is 10.2 Å². The van der Waals surface area contributed by atoms with Gasteiger partial charge in [0, 0.05) is 16.6 Å². The van der Waals surface area contributed by atoms with Crippen LogP contribution in [0.25, 0.3) is 0 Å². The van der Waals surface area contributed by atoms with Crippen molar-refractivity contribution in [3.63, 3.8) is 0 Å². The third-order valence-corrected chi connectivity index (χ3v) is 3.64. The van der Waals surface area contributed by atoms with Crippen LogP contribution in [0.15, 0.2) is 22.7 Å². The number of halogens is 1. The van der Waals surface area contributed by atoms with E-state index in [0.717, 1.165) is 6.42 Å². The summed E-state index contributed by atoms with van der Waals surface area (Å²) < 4.78 is 0.450. The van der Waals surface area contributed by atoms with Gasteiger partial charge in [-0.1, -0.05) is 20.3 Å². The van der Waals surface area contributed by atoms with Crippen LogP contribution in [0.3, 0.4) is 0 Å². The van der Waals surface area contributed by atoms with Crippen molar-refractivity contribution in [2.24, 2.45) is 11.7 Å². The number of nitro benzene ring substituents is 1. The molecule has 3 N–H and O–H groups in total. The second-order valence-corrected chi connectivity index (χ2v) is 5.18. The summed E-state index contributed by atoms with van der Waals surface area (Å²) in [6.07, 6.45) is 0.802. The van der Waals surface area contributed by atoms with Crippen LogP contribution in [-0.2, 0) is 4.79 Å². The monoisotopic (exact) mass is 329 g/mol. The van der Waals surface area contributed by atoms with Crippen molar-refractivity contribution < 1.29 is 9.72 Å². The van der Waals surface area contributed by atoms with E-state index in [1.54, 1.807) is 0 Å². The predicted molar refractivity (Wildman–Crippen MR) is 76.9 cm³/mol. The number of benzene rings is 1. The lowest BCUT2D eigenvalue weighted by atomic mass is 9.99. The molecule has 0 heterocycles. The van der Waals surface area contributed by atoms with Gasteiger partial charge in [-0.05, 0) is 27.9 Å². The van der Waals surface area contributed by atoms with E-state index < -0.39 is 11.0 Å². The van der Waals surface area contributed by atoms with Gasteiger partial charge < -0.3 is 11.1 Å². The molecule has 104 valence electrons. The zero-order valence-electron chi connectivity index (χ0n) is 10.7. The van der Waals surface area contributed by atoms with Crippen LogP contribution in [0.5, 0.6) is 0 Å². The molecule has 6 nitrogen and oxygen atoms in total. The van der Waals surface area contributed by atoms with Gasteiger partial charge in [-0.15, -0.1) is 0 Å². The van der Waals surface area contributed by atoms with E-state index in [1.807, 2.05) is 13.8 Å². The molecule has 2 atom stereocenters. The summed E-state index contributed by atoms with van der Waals surface area (Å²) in [6.45, 7) is 3.86. The molecule has 7 heteroatoms. The Morgan fingerprint density at radius 1 is 1.58 bits per heavy atom. The summed E-state index contributed by atoms with van der Waals surface area (Å²) in [5.41, 5.74) is 6.23. The van der Waals surface area contributed by atoms with Gasteiger partial charge in [-0.2, -0.15) is 0 Å². The summed E-state index contributed by atoms with van der Waals surface area (Å²) in [7, 11) is 0. The molecule has 1 rings (SSSR count). The van der Waals surface area contributed by atoms with Crippen LogP contribution in [0.1, 0.15) is 20.3 Å². The number of amides is 1. The Labute approximate surface area is 119 Å². The van der Waals surface area contributed by atoms with Gasteiger partial charge in [0.05, 0.1) is 16.7 Å². The number of hydrogen-bond donors (Lipinski definition) is 2. The van der Waals surface area contributed by atoms with E-state index in [4.69, 9.17) is 5.73 Å². The van der Waals surface area contributed by atoms with E-state index in [-0.39, 0.29) is 17.5 Å². The Morgan fingerprint density at radius 2 is 2.21 bits per heavy atom.